The van der Waals surface area contributed by atoms with Crippen molar-refractivity contribution in [1.82, 2.24) is 0 Å². The second-order valence-corrected chi connectivity index (χ2v) is 3.17. The van der Waals surface area contributed by atoms with Gasteiger partial charge in [-0.05, 0) is 15.9 Å². The summed E-state index contributed by atoms with van der Waals surface area (Å²) in [6.45, 7) is 0. The highest BCUT2D eigenvalue weighted by Gasteiger charge is 2.14. The van der Waals surface area contributed by atoms with Gasteiger partial charge in [-0.15, -0.1) is 0 Å². The first kappa shape index (κ1) is 8.80. The third-order valence-electron chi connectivity index (χ3n) is 1.13. The number of aromatic carboxylic acids is 1. The molecule has 0 saturated carbocycles. The van der Waals surface area contributed by atoms with Gasteiger partial charge in [-0.25, -0.2) is 4.79 Å². The number of carboxylic acid groups (broad SMARTS) is 1. The Morgan fingerprint density at radius 2 is 2.36 bits per heavy atom. The summed E-state index contributed by atoms with van der Waals surface area (Å²) in [4.78, 5) is 10.5. The van der Waals surface area contributed by atoms with Gasteiger partial charge in [0.25, 0.3) is 0 Å². The monoisotopic (exact) mass is 282 g/mol. The van der Waals surface area contributed by atoms with Crippen molar-refractivity contribution in [2.45, 2.75) is 5.33 Å². The number of halogens is 2. The van der Waals surface area contributed by atoms with E-state index in [0.717, 1.165) is 0 Å². The molecule has 5 heteroatoms. The molecule has 0 saturated heterocycles. The lowest BCUT2D eigenvalue weighted by Crippen LogP contribution is -1.96. The Bertz CT molecular complexity index is 279. The molecule has 0 aliphatic heterocycles. The highest BCUT2D eigenvalue weighted by molar-refractivity contribution is 9.10. The van der Waals surface area contributed by atoms with Crippen LogP contribution in [0.1, 0.15) is 16.1 Å². The van der Waals surface area contributed by atoms with Crippen LogP contribution in [0.5, 0.6) is 0 Å². The normalized spacial score (nSPS) is 10.0. The van der Waals surface area contributed by atoms with Crippen molar-refractivity contribution in [2.75, 3.05) is 0 Å². The van der Waals surface area contributed by atoms with E-state index in [2.05, 4.69) is 31.9 Å². The number of carboxylic acids is 1. The van der Waals surface area contributed by atoms with Crippen molar-refractivity contribution in [1.29, 1.82) is 0 Å². The molecule has 11 heavy (non-hydrogen) atoms. The first-order valence-corrected chi connectivity index (χ1v) is 4.64. The topological polar surface area (TPSA) is 50.4 Å². The van der Waals surface area contributed by atoms with E-state index in [1.165, 1.54) is 6.07 Å². The van der Waals surface area contributed by atoms with Crippen LogP contribution in [0.2, 0.25) is 0 Å². The number of hydrogen-bond donors (Lipinski definition) is 1. The summed E-state index contributed by atoms with van der Waals surface area (Å²) in [5, 5.41) is 9.01. The first-order valence-electron chi connectivity index (χ1n) is 2.72. The zero-order valence-electron chi connectivity index (χ0n) is 5.30. The molecule has 1 N–H and O–H groups in total. The van der Waals surface area contributed by atoms with Gasteiger partial charge < -0.3 is 9.52 Å². The van der Waals surface area contributed by atoms with E-state index in [9.17, 15) is 4.79 Å². The molecular weight excluding hydrogens is 280 g/mol. The lowest BCUT2D eigenvalue weighted by molar-refractivity contribution is 0.0695. The minimum atomic E-state index is -0.978. The van der Waals surface area contributed by atoms with Crippen LogP contribution in [0.4, 0.5) is 0 Å². The summed E-state index contributed by atoms with van der Waals surface area (Å²) >= 11 is 6.15. The zero-order valence-corrected chi connectivity index (χ0v) is 8.48. The molecule has 1 heterocycles. The Morgan fingerprint density at radius 1 is 1.73 bits per heavy atom. The predicted molar refractivity (Wildman–Crippen MR) is 46.0 cm³/mol. The molecule has 60 valence electrons. The zero-order chi connectivity index (χ0) is 8.43. The summed E-state index contributed by atoms with van der Waals surface area (Å²) in [6.07, 6.45) is 0. The largest absolute Gasteiger partial charge is 0.478 e. The highest BCUT2D eigenvalue weighted by Crippen LogP contribution is 2.22. The smallest absolute Gasteiger partial charge is 0.339 e. The van der Waals surface area contributed by atoms with Crippen LogP contribution >= 0.6 is 31.9 Å². The molecule has 0 unspecified atom stereocenters. The fourth-order valence-corrected chi connectivity index (χ4v) is 1.52. The summed E-state index contributed by atoms with van der Waals surface area (Å²) in [7, 11) is 0. The molecular formula is C6H4Br2O3. The van der Waals surface area contributed by atoms with E-state index in [0.29, 0.717) is 15.8 Å². The van der Waals surface area contributed by atoms with E-state index in [1.807, 2.05) is 0 Å². The van der Waals surface area contributed by atoms with E-state index in [1.54, 1.807) is 0 Å². The van der Waals surface area contributed by atoms with Crippen molar-refractivity contribution in [2.24, 2.45) is 0 Å². The molecule has 1 aromatic rings. The molecule has 0 amide bonds. The average Bonchev–Trinajstić information content (AvgIpc) is 2.30. The fraction of sp³-hybridized carbons (Fsp3) is 0.167. The molecule has 1 rings (SSSR count). The van der Waals surface area contributed by atoms with Gasteiger partial charge in [-0.3, -0.25) is 0 Å². The maximum absolute atomic E-state index is 10.5. The lowest BCUT2D eigenvalue weighted by atomic mass is 10.3. The molecule has 0 fully saturated rings. The Balaban J connectivity index is 3.12. The van der Waals surface area contributed by atoms with Gasteiger partial charge >= 0.3 is 5.97 Å². The third kappa shape index (κ3) is 1.84. The Labute approximate surface area is 79.6 Å². The van der Waals surface area contributed by atoms with Crippen molar-refractivity contribution >= 4 is 37.8 Å². The molecule has 0 atom stereocenters. The predicted octanol–water partition coefficient (Wildman–Crippen LogP) is 2.64. The number of rotatable bonds is 2. The van der Waals surface area contributed by atoms with E-state index >= 15 is 0 Å². The molecule has 0 spiro atoms. The van der Waals surface area contributed by atoms with E-state index in [4.69, 9.17) is 9.52 Å². The van der Waals surface area contributed by atoms with Gasteiger partial charge in [-0.1, -0.05) is 15.9 Å². The summed E-state index contributed by atoms with van der Waals surface area (Å²) in [5.74, 6) is -0.557. The highest BCUT2D eigenvalue weighted by atomic mass is 79.9. The number of hydrogen-bond acceptors (Lipinski definition) is 2. The molecule has 0 bridgehead atoms. The molecule has 3 nitrogen and oxygen atoms in total. The Morgan fingerprint density at radius 3 is 2.73 bits per heavy atom. The standard InChI is InChI=1S/C6H4Br2O3/c7-2-4-3(6(9)10)1-5(8)11-4/h1H,2H2,(H,9,10). The fourth-order valence-electron chi connectivity index (χ4n) is 0.676. The van der Waals surface area contributed by atoms with Crippen LogP contribution in [-0.4, -0.2) is 11.1 Å². The molecule has 0 aliphatic carbocycles. The maximum Gasteiger partial charge on any atom is 0.339 e. The van der Waals surface area contributed by atoms with Crippen LogP contribution in [0.25, 0.3) is 0 Å². The lowest BCUT2D eigenvalue weighted by Gasteiger charge is -1.89. The number of carbonyl (C=O) groups is 1. The second kappa shape index (κ2) is 3.40. The van der Waals surface area contributed by atoms with E-state index in [-0.39, 0.29) is 5.56 Å². The van der Waals surface area contributed by atoms with Crippen LogP contribution in [0.3, 0.4) is 0 Å². The summed E-state index contributed by atoms with van der Waals surface area (Å²) in [5.41, 5.74) is 0.189. The van der Waals surface area contributed by atoms with Gasteiger partial charge in [0, 0.05) is 6.07 Å². The van der Waals surface area contributed by atoms with Crippen LogP contribution in [0.15, 0.2) is 15.2 Å². The number of furan rings is 1. The van der Waals surface area contributed by atoms with Crippen LogP contribution in [-0.2, 0) is 5.33 Å². The minimum absolute atomic E-state index is 0.189. The molecule has 1 aromatic heterocycles. The van der Waals surface area contributed by atoms with Crippen LogP contribution < -0.4 is 0 Å². The van der Waals surface area contributed by atoms with Gasteiger partial charge in [0.2, 0.25) is 0 Å². The van der Waals surface area contributed by atoms with E-state index < -0.39 is 5.97 Å². The summed E-state index contributed by atoms with van der Waals surface area (Å²) in [6, 6.07) is 1.43. The summed E-state index contributed by atoms with van der Waals surface area (Å²) < 4.78 is 5.45. The van der Waals surface area contributed by atoms with Crippen molar-refractivity contribution in [3.63, 3.8) is 0 Å². The maximum atomic E-state index is 10.5. The third-order valence-corrected chi connectivity index (χ3v) is 2.03. The van der Waals surface area contributed by atoms with Gasteiger partial charge in [0.1, 0.15) is 11.3 Å². The van der Waals surface area contributed by atoms with Gasteiger partial charge in [0.15, 0.2) is 4.67 Å². The minimum Gasteiger partial charge on any atom is -0.478 e. The quantitative estimate of drug-likeness (QED) is 0.849. The Hall–Kier alpha value is -0.290. The second-order valence-electron chi connectivity index (χ2n) is 1.83. The van der Waals surface area contributed by atoms with Crippen molar-refractivity contribution in [3.05, 3.63) is 22.1 Å². The molecule has 0 radical (unpaired) electrons. The van der Waals surface area contributed by atoms with Crippen LogP contribution in [0, 0.1) is 0 Å². The van der Waals surface area contributed by atoms with Gasteiger partial charge in [-0.2, -0.15) is 0 Å². The molecule has 0 aliphatic rings. The average molecular weight is 284 g/mol. The number of alkyl halides is 1. The van der Waals surface area contributed by atoms with Crippen molar-refractivity contribution < 1.29 is 14.3 Å². The first-order chi connectivity index (χ1) is 5.15. The Kier molecular flexibility index (Phi) is 2.72. The van der Waals surface area contributed by atoms with Gasteiger partial charge in [0.05, 0.1) is 5.33 Å². The van der Waals surface area contributed by atoms with Crippen molar-refractivity contribution in [3.8, 4) is 0 Å². The SMILES string of the molecule is O=C(O)c1cc(Br)oc1CBr. The molecule has 0 aromatic carbocycles.